The number of amides is 1. The molecule has 0 aliphatic carbocycles. The van der Waals surface area contributed by atoms with E-state index in [2.05, 4.69) is 0 Å². The first-order valence-corrected chi connectivity index (χ1v) is 8.07. The highest BCUT2D eigenvalue weighted by molar-refractivity contribution is 5.99. The van der Waals surface area contributed by atoms with Gasteiger partial charge >= 0.3 is 12.1 Å². The maximum absolute atomic E-state index is 12.3. The van der Waals surface area contributed by atoms with E-state index >= 15 is 0 Å². The van der Waals surface area contributed by atoms with E-state index in [1.807, 2.05) is 52.0 Å². The Bertz CT molecular complexity index is 670. The van der Waals surface area contributed by atoms with Crippen molar-refractivity contribution in [3.63, 3.8) is 0 Å². The number of carbonyl (C=O) groups excluding carboxylic acids is 2. The van der Waals surface area contributed by atoms with Gasteiger partial charge in [-0.25, -0.2) is 9.59 Å². The van der Waals surface area contributed by atoms with E-state index < -0.39 is 17.7 Å². The summed E-state index contributed by atoms with van der Waals surface area (Å²) in [6, 6.07) is 7.92. The number of esters is 1. The lowest BCUT2D eigenvalue weighted by Crippen LogP contribution is -2.42. The third-order valence-corrected chi connectivity index (χ3v) is 3.90. The Morgan fingerprint density at radius 3 is 2.42 bits per heavy atom. The lowest BCUT2D eigenvalue weighted by Gasteiger charge is -2.32. The van der Waals surface area contributed by atoms with Crippen molar-refractivity contribution in [3.8, 4) is 0 Å². The first kappa shape index (κ1) is 18.0. The summed E-state index contributed by atoms with van der Waals surface area (Å²) in [4.78, 5) is 26.1. The Morgan fingerprint density at radius 1 is 1.17 bits per heavy atom. The minimum absolute atomic E-state index is 0.200. The number of methoxy groups -OCH3 is 1. The van der Waals surface area contributed by atoms with Gasteiger partial charge in [0, 0.05) is 6.54 Å². The molecule has 0 spiro atoms. The number of ether oxygens (including phenoxy) is 2. The smallest absolute Gasteiger partial charge is 0.410 e. The van der Waals surface area contributed by atoms with Gasteiger partial charge in [0.1, 0.15) is 5.60 Å². The molecule has 1 aliphatic rings. The molecule has 24 heavy (non-hydrogen) atoms. The fourth-order valence-corrected chi connectivity index (χ4v) is 2.76. The van der Waals surface area contributed by atoms with Crippen LogP contribution in [0.3, 0.4) is 0 Å². The van der Waals surface area contributed by atoms with Crippen molar-refractivity contribution in [1.29, 1.82) is 0 Å². The van der Waals surface area contributed by atoms with Crippen LogP contribution in [0, 0.1) is 6.92 Å². The summed E-state index contributed by atoms with van der Waals surface area (Å²) in [5.41, 5.74) is 3.02. The molecule has 0 N–H and O–H groups in total. The quantitative estimate of drug-likeness (QED) is 0.778. The van der Waals surface area contributed by atoms with Crippen molar-refractivity contribution in [2.45, 2.75) is 39.7 Å². The van der Waals surface area contributed by atoms with Crippen LogP contribution in [0.4, 0.5) is 4.79 Å². The highest BCUT2D eigenvalue weighted by Crippen LogP contribution is 2.30. The number of hydrogen-bond acceptors (Lipinski definition) is 4. The molecule has 1 aromatic carbocycles. The summed E-state index contributed by atoms with van der Waals surface area (Å²) < 4.78 is 10.4. The molecule has 130 valence electrons. The van der Waals surface area contributed by atoms with Crippen molar-refractivity contribution in [2.24, 2.45) is 0 Å². The molecule has 0 saturated carbocycles. The SMILES string of the molecule is COC(=O)C1=C(c2ccccc2C)CCN(C(=O)OC(C)(C)C)C1. The van der Waals surface area contributed by atoms with Gasteiger partial charge < -0.3 is 14.4 Å². The molecular formula is C19H25NO4. The number of carbonyl (C=O) groups is 2. The first-order chi connectivity index (χ1) is 11.2. The Labute approximate surface area is 143 Å². The Balaban J connectivity index is 2.34. The van der Waals surface area contributed by atoms with Crippen LogP contribution in [0.25, 0.3) is 5.57 Å². The van der Waals surface area contributed by atoms with E-state index in [1.54, 1.807) is 4.90 Å². The molecule has 0 saturated heterocycles. The van der Waals surface area contributed by atoms with Gasteiger partial charge in [0.25, 0.3) is 0 Å². The second-order valence-electron chi connectivity index (χ2n) is 6.92. The van der Waals surface area contributed by atoms with E-state index in [9.17, 15) is 9.59 Å². The predicted octanol–water partition coefficient (Wildman–Crippen LogP) is 3.56. The highest BCUT2D eigenvalue weighted by atomic mass is 16.6. The average molecular weight is 331 g/mol. The molecule has 0 atom stereocenters. The van der Waals surface area contributed by atoms with Crippen LogP contribution in [0.15, 0.2) is 29.8 Å². The molecule has 2 rings (SSSR count). The van der Waals surface area contributed by atoms with E-state index in [0.717, 1.165) is 16.7 Å². The van der Waals surface area contributed by atoms with Gasteiger partial charge in [0.15, 0.2) is 0 Å². The van der Waals surface area contributed by atoms with E-state index in [-0.39, 0.29) is 6.54 Å². The molecule has 0 bridgehead atoms. The van der Waals surface area contributed by atoms with Crippen LogP contribution >= 0.6 is 0 Å². The van der Waals surface area contributed by atoms with Crippen molar-refractivity contribution in [3.05, 3.63) is 41.0 Å². The summed E-state index contributed by atoms with van der Waals surface area (Å²) >= 11 is 0. The van der Waals surface area contributed by atoms with Crippen LogP contribution < -0.4 is 0 Å². The fourth-order valence-electron chi connectivity index (χ4n) is 2.76. The van der Waals surface area contributed by atoms with Crippen LogP contribution in [0.2, 0.25) is 0 Å². The standard InChI is InChI=1S/C19H25NO4/c1-13-8-6-7-9-14(13)15-10-11-20(12-16(15)17(21)23-5)18(22)24-19(2,3)4/h6-9H,10-12H2,1-5H3. The van der Waals surface area contributed by atoms with Gasteiger partial charge in [-0.3, -0.25) is 0 Å². The Morgan fingerprint density at radius 2 is 1.83 bits per heavy atom. The van der Waals surface area contributed by atoms with Gasteiger partial charge in [0.2, 0.25) is 0 Å². The van der Waals surface area contributed by atoms with Crippen molar-refractivity contribution >= 4 is 17.6 Å². The highest BCUT2D eigenvalue weighted by Gasteiger charge is 2.30. The predicted molar refractivity (Wildman–Crippen MR) is 92.5 cm³/mol. The number of rotatable bonds is 2. The second kappa shape index (κ2) is 7.07. The van der Waals surface area contributed by atoms with Crippen LogP contribution in [-0.2, 0) is 14.3 Å². The number of nitrogens with zero attached hydrogens (tertiary/aromatic N) is 1. The minimum atomic E-state index is -0.567. The van der Waals surface area contributed by atoms with Crippen LogP contribution in [0.1, 0.15) is 38.3 Å². The van der Waals surface area contributed by atoms with Gasteiger partial charge in [0.05, 0.1) is 19.2 Å². The molecule has 1 amide bonds. The third-order valence-electron chi connectivity index (χ3n) is 3.90. The molecule has 1 aromatic rings. The Kier molecular flexibility index (Phi) is 5.32. The molecule has 5 heteroatoms. The number of aryl methyl sites for hydroxylation is 1. The molecular weight excluding hydrogens is 306 g/mol. The van der Waals surface area contributed by atoms with Gasteiger partial charge in [-0.05, 0) is 50.8 Å². The summed E-state index contributed by atoms with van der Waals surface area (Å²) in [6.45, 7) is 8.20. The van der Waals surface area contributed by atoms with Crippen molar-refractivity contribution in [1.82, 2.24) is 4.90 Å². The molecule has 0 unspecified atom stereocenters. The summed E-state index contributed by atoms with van der Waals surface area (Å²) in [6.07, 6.45) is 0.182. The zero-order valence-corrected chi connectivity index (χ0v) is 15.0. The Hall–Kier alpha value is -2.30. The molecule has 1 aliphatic heterocycles. The largest absolute Gasteiger partial charge is 0.466 e. The summed E-state index contributed by atoms with van der Waals surface area (Å²) in [7, 11) is 1.36. The van der Waals surface area contributed by atoms with E-state index in [1.165, 1.54) is 7.11 Å². The summed E-state index contributed by atoms with van der Waals surface area (Å²) in [5, 5.41) is 0. The van der Waals surface area contributed by atoms with Crippen LogP contribution in [-0.4, -0.2) is 42.8 Å². The lowest BCUT2D eigenvalue weighted by molar-refractivity contribution is -0.136. The molecule has 0 fully saturated rings. The lowest BCUT2D eigenvalue weighted by atomic mass is 9.91. The van der Waals surface area contributed by atoms with Crippen LogP contribution in [0.5, 0.6) is 0 Å². The average Bonchev–Trinajstić information content (AvgIpc) is 2.52. The van der Waals surface area contributed by atoms with Gasteiger partial charge in [-0.2, -0.15) is 0 Å². The number of benzene rings is 1. The van der Waals surface area contributed by atoms with Crippen molar-refractivity contribution < 1.29 is 19.1 Å². The second-order valence-corrected chi connectivity index (χ2v) is 6.92. The first-order valence-electron chi connectivity index (χ1n) is 8.07. The maximum atomic E-state index is 12.3. The van der Waals surface area contributed by atoms with Crippen molar-refractivity contribution in [2.75, 3.05) is 20.2 Å². The maximum Gasteiger partial charge on any atom is 0.410 e. The topological polar surface area (TPSA) is 55.8 Å². The normalized spacial score (nSPS) is 15.3. The van der Waals surface area contributed by atoms with E-state index in [4.69, 9.17) is 9.47 Å². The molecule has 1 heterocycles. The zero-order chi connectivity index (χ0) is 17.9. The minimum Gasteiger partial charge on any atom is -0.466 e. The van der Waals surface area contributed by atoms with Gasteiger partial charge in [-0.15, -0.1) is 0 Å². The summed E-state index contributed by atoms with van der Waals surface area (Å²) in [5.74, 6) is -0.401. The van der Waals surface area contributed by atoms with Gasteiger partial charge in [-0.1, -0.05) is 24.3 Å². The van der Waals surface area contributed by atoms with E-state index in [0.29, 0.717) is 18.5 Å². The molecule has 0 radical (unpaired) electrons. The third kappa shape index (κ3) is 4.16. The molecule has 0 aromatic heterocycles. The number of hydrogen-bond donors (Lipinski definition) is 0. The molecule has 5 nitrogen and oxygen atoms in total. The monoisotopic (exact) mass is 331 g/mol. The fraction of sp³-hybridized carbons (Fsp3) is 0.474. The zero-order valence-electron chi connectivity index (χ0n) is 15.0.